The Bertz CT molecular complexity index is 583. The lowest BCUT2D eigenvalue weighted by atomic mass is 9.68. The lowest BCUT2D eigenvalue weighted by Crippen LogP contribution is -2.52. The number of nitrogens with one attached hydrogen (secondary N) is 1. The number of rotatable bonds is 6. The van der Waals surface area contributed by atoms with E-state index in [0.717, 1.165) is 19.3 Å². The molecule has 1 unspecified atom stereocenters. The molecule has 4 nitrogen and oxygen atoms in total. The van der Waals surface area contributed by atoms with Gasteiger partial charge in [-0.1, -0.05) is 31.4 Å². The highest BCUT2D eigenvalue weighted by molar-refractivity contribution is 5.91. The van der Waals surface area contributed by atoms with Crippen LogP contribution in [0.5, 0.6) is 0 Å². The van der Waals surface area contributed by atoms with Crippen LogP contribution >= 0.6 is 0 Å². The molecule has 1 aromatic rings. The molecular weight excluding hydrogens is 323 g/mol. The Morgan fingerprint density at radius 1 is 1.12 bits per heavy atom. The Kier molecular flexibility index (Phi) is 5.85. The summed E-state index contributed by atoms with van der Waals surface area (Å²) >= 11 is 0. The van der Waals surface area contributed by atoms with E-state index >= 15 is 0 Å². The van der Waals surface area contributed by atoms with Crippen LogP contribution in [0.3, 0.4) is 0 Å². The van der Waals surface area contributed by atoms with Gasteiger partial charge in [-0.2, -0.15) is 0 Å². The fourth-order valence-electron chi connectivity index (χ4n) is 3.27. The van der Waals surface area contributed by atoms with Gasteiger partial charge in [-0.3, -0.25) is 4.79 Å². The van der Waals surface area contributed by atoms with Gasteiger partial charge in [0.1, 0.15) is 11.9 Å². The Hall–Kier alpha value is -2.05. The molecule has 24 heavy (non-hydrogen) atoms. The normalized spacial score (nSPS) is 18.2. The number of halogens is 3. The number of aliphatic carboxylic acids is 1. The van der Waals surface area contributed by atoms with E-state index in [1.165, 1.54) is 24.3 Å². The minimum Gasteiger partial charge on any atom is -0.480 e. The fourth-order valence-corrected chi connectivity index (χ4v) is 3.27. The van der Waals surface area contributed by atoms with E-state index in [9.17, 15) is 22.8 Å². The number of amides is 1. The van der Waals surface area contributed by atoms with Gasteiger partial charge in [-0.25, -0.2) is 18.0 Å². The molecule has 132 valence electrons. The molecule has 1 fully saturated rings. The van der Waals surface area contributed by atoms with E-state index in [-0.39, 0.29) is 0 Å². The third-order valence-corrected chi connectivity index (χ3v) is 4.56. The van der Waals surface area contributed by atoms with Gasteiger partial charge in [0.2, 0.25) is 12.3 Å². The number of carboxylic acid groups (broad SMARTS) is 1. The first-order chi connectivity index (χ1) is 11.3. The zero-order chi connectivity index (χ0) is 17.7. The van der Waals surface area contributed by atoms with Crippen LogP contribution in [0.1, 0.15) is 44.1 Å². The van der Waals surface area contributed by atoms with Gasteiger partial charge in [-0.15, -0.1) is 0 Å². The van der Waals surface area contributed by atoms with Gasteiger partial charge >= 0.3 is 5.97 Å². The van der Waals surface area contributed by atoms with Crippen LogP contribution in [0, 0.1) is 5.82 Å². The number of carbonyl (C=O) groups excluding carboxylic acids is 1. The quantitative estimate of drug-likeness (QED) is 0.833. The molecule has 0 spiro atoms. The summed E-state index contributed by atoms with van der Waals surface area (Å²) in [5.41, 5.74) is -0.413. The monoisotopic (exact) mass is 343 g/mol. The number of hydrogen-bond donors (Lipinski definition) is 2. The Labute approximate surface area is 138 Å². The zero-order valence-electron chi connectivity index (χ0n) is 13.1. The first-order valence-corrected chi connectivity index (χ1v) is 7.93. The maximum Gasteiger partial charge on any atom is 0.326 e. The van der Waals surface area contributed by atoms with Crippen molar-refractivity contribution in [3.8, 4) is 0 Å². The zero-order valence-corrected chi connectivity index (χ0v) is 13.1. The van der Waals surface area contributed by atoms with Crippen LogP contribution in [0.2, 0.25) is 0 Å². The minimum absolute atomic E-state index is 0.439. The smallest absolute Gasteiger partial charge is 0.326 e. The molecule has 1 amide bonds. The van der Waals surface area contributed by atoms with Crippen LogP contribution in [0.4, 0.5) is 13.2 Å². The summed E-state index contributed by atoms with van der Waals surface area (Å²) in [5.74, 6) is -2.51. The highest BCUT2D eigenvalue weighted by Crippen LogP contribution is 2.40. The maximum atomic E-state index is 13.2. The molecule has 0 heterocycles. The van der Waals surface area contributed by atoms with Gasteiger partial charge in [0, 0.05) is 6.42 Å². The summed E-state index contributed by atoms with van der Waals surface area (Å²) in [6.45, 7) is 0. The fraction of sp³-hybridized carbons (Fsp3) is 0.529. The molecule has 0 radical (unpaired) electrons. The highest BCUT2D eigenvalue weighted by atomic mass is 19.3. The van der Waals surface area contributed by atoms with Crippen molar-refractivity contribution in [2.24, 2.45) is 0 Å². The molecule has 7 heteroatoms. The molecule has 0 aliphatic heterocycles. The van der Waals surface area contributed by atoms with Crippen LogP contribution in [-0.2, 0) is 15.0 Å². The van der Waals surface area contributed by atoms with Crippen molar-refractivity contribution in [2.45, 2.75) is 56.4 Å². The van der Waals surface area contributed by atoms with Gasteiger partial charge in [-0.05, 0) is 30.5 Å². The third kappa shape index (κ3) is 4.07. The molecule has 1 saturated carbocycles. The first-order valence-electron chi connectivity index (χ1n) is 7.93. The molecule has 1 atom stereocenters. The molecule has 1 aromatic carbocycles. The number of carboxylic acids is 1. The summed E-state index contributed by atoms with van der Waals surface area (Å²) in [5, 5.41) is 11.3. The SMILES string of the molecule is O=C(O)C(CC(F)F)NC(=O)C1(c2ccc(F)cc2)CCCCC1. The van der Waals surface area contributed by atoms with Crippen LogP contribution in [0.15, 0.2) is 24.3 Å². The second-order valence-electron chi connectivity index (χ2n) is 6.14. The van der Waals surface area contributed by atoms with E-state index in [4.69, 9.17) is 5.11 Å². The number of carbonyl (C=O) groups is 2. The lowest BCUT2D eigenvalue weighted by Gasteiger charge is -2.37. The molecular formula is C17H20F3NO3. The summed E-state index contributed by atoms with van der Waals surface area (Å²) in [4.78, 5) is 23.9. The average molecular weight is 343 g/mol. The van der Waals surface area contributed by atoms with E-state index in [2.05, 4.69) is 5.32 Å². The van der Waals surface area contributed by atoms with Crippen LogP contribution in [-0.4, -0.2) is 29.5 Å². The van der Waals surface area contributed by atoms with E-state index < -0.39 is 42.0 Å². The van der Waals surface area contributed by atoms with Crippen molar-refractivity contribution in [3.05, 3.63) is 35.6 Å². The second kappa shape index (κ2) is 7.68. The molecule has 0 bridgehead atoms. The Morgan fingerprint density at radius 2 is 1.71 bits per heavy atom. The first kappa shape index (κ1) is 18.3. The van der Waals surface area contributed by atoms with Gasteiger partial charge in [0.25, 0.3) is 0 Å². The van der Waals surface area contributed by atoms with Crippen LogP contribution < -0.4 is 5.32 Å². The van der Waals surface area contributed by atoms with Crippen molar-refractivity contribution in [3.63, 3.8) is 0 Å². The molecule has 0 aromatic heterocycles. The van der Waals surface area contributed by atoms with E-state index in [1.54, 1.807) is 0 Å². The molecule has 1 aliphatic carbocycles. The molecule has 2 rings (SSSR count). The predicted octanol–water partition coefficient (Wildman–Crippen LogP) is 3.25. The van der Waals surface area contributed by atoms with Crippen molar-refractivity contribution in [1.82, 2.24) is 5.32 Å². The third-order valence-electron chi connectivity index (χ3n) is 4.56. The van der Waals surface area contributed by atoms with Crippen molar-refractivity contribution in [2.75, 3.05) is 0 Å². The summed E-state index contributed by atoms with van der Waals surface area (Å²) in [6, 6.07) is 3.85. The average Bonchev–Trinajstić information content (AvgIpc) is 2.55. The Balaban J connectivity index is 2.28. The maximum absolute atomic E-state index is 13.2. The predicted molar refractivity (Wildman–Crippen MR) is 81.4 cm³/mol. The van der Waals surface area contributed by atoms with Gasteiger partial charge in [0.15, 0.2) is 0 Å². The molecule has 1 aliphatic rings. The summed E-state index contributed by atoms with van der Waals surface area (Å²) in [7, 11) is 0. The second-order valence-corrected chi connectivity index (χ2v) is 6.14. The number of hydrogen-bond acceptors (Lipinski definition) is 2. The molecule has 2 N–H and O–H groups in total. The van der Waals surface area contributed by atoms with Crippen molar-refractivity contribution >= 4 is 11.9 Å². The van der Waals surface area contributed by atoms with E-state index in [0.29, 0.717) is 18.4 Å². The topological polar surface area (TPSA) is 66.4 Å². The standard InChI is InChI=1S/C17H20F3NO3/c18-12-6-4-11(5-7-12)17(8-2-1-3-9-17)16(24)21-13(15(22)23)10-14(19)20/h4-7,13-14H,1-3,8-10H2,(H,21,24)(H,22,23). The number of alkyl halides is 2. The van der Waals surface area contributed by atoms with Crippen molar-refractivity contribution in [1.29, 1.82) is 0 Å². The van der Waals surface area contributed by atoms with Gasteiger partial charge < -0.3 is 10.4 Å². The summed E-state index contributed by atoms with van der Waals surface area (Å²) < 4.78 is 38.3. The van der Waals surface area contributed by atoms with Crippen molar-refractivity contribution < 1.29 is 27.9 Å². The summed E-state index contributed by atoms with van der Waals surface area (Å²) in [6.07, 6.45) is -0.360. The van der Waals surface area contributed by atoms with E-state index in [1.807, 2.05) is 0 Å². The Morgan fingerprint density at radius 3 is 2.21 bits per heavy atom. The number of benzene rings is 1. The minimum atomic E-state index is -2.83. The molecule has 0 saturated heterocycles. The largest absolute Gasteiger partial charge is 0.480 e. The highest BCUT2D eigenvalue weighted by Gasteiger charge is 2.42. The van der Waals surface area contributed by atoms with Crippen LogP contribution in [0.25, 0.3) is 0 Å². The lowest BCUT2D eigenvalue weighted by molar-refractivity contribution is -0.144. The van der Waals surface area contributed by atoms with Gasteiger partial charge in [0.05, 0.1) is 5.41 Å².